The van der Waals surface area contributed by atoms with E-state index in [9.17, 15) is 0 Å². The summed E-state index contributed by atoms with van der Waals surface area (Å²) in [5.74, 6) is 0.926. The predicted molar refractivity (Wildman–Crippen MR) is 82.1 cm³/mol. The number of methoxy groups -OCH3 is 1. The van der Waals surface area contributed by atoms with E-state index >= 15 is 0 Å². The molecule has 3 aromatic rings. The van der Waals surface area contributed by atoms with Gasteiger partial charge in [0, 0.05) is 6.07 Å². The lowest BCUT2D eigenvalue weighted by atomic mass is 10.2. The Kier molecular flexibility index (Phi) is 3.20. The predicted octanol–water partition coefficient (Wildman–Crippen LogP) is 3.92. The third-order valence-corrected chi connectivity index (χ3v) is 3.66. The molecule has 102 valence electrons. The number of halogens is 2. The summed E-state index contributed by atoms with van der Waals surface area (Å²) in [7, 11) is 1.56. The highest BCUT2D eigenvalue weighted by Gasteiger charge is 2.14. The van der Waals surface area contributed by atoms with Gasteiger partial charge in [-0.05, 0) is 24.3 Å². The van der Waals surface area contributed by atoms with Crippen LogP contribution in [0.3, 0.4) is 0 Å². The van der Waals surface area contributed by atoms with E-state index in [-0.39, 0.29) is 0 Å². The van der Waals surface area contributed by atoms with Gasteiger partial charge < -0.3 is 10.5 Å². The number of hydrogen-bond acceptors (Lipinski definition) is 3. The summed E-state index contributed by atoms with van der Waals surface area (Å²) < 4.78 is 7.00. The van der Waals surface area contributed by atoms with Gasteiger partial charge in [0.25, 0.3) is 0 Å². The smallest absolute Gasteiger partial charge is 0.205 e. The van der Waals surface area contributed by atoms with Crippen LogP contribution in [0.2, 0.25) is 10.0 Å². The number of hydrogen-bond donors (Lipinski definition) is 1. The molecular weight excluding hydrogens is 297 g/mol. The fourth-order valence-electron chi connectivity index (χ4n) is 2.15. The zero-order valence-corrected chi connectivity index (χ0v) is 12.1. The molecule has 0 fully saturated rings. The highest BCUT2D eigenvalue weighted by atomic mass is 35.5. The Bertz CT molecular complexity index is 798. The van der Waals surface area contributed by atoms with Crippen molar-refractivity contribution in [2.75, 3.05) is 12.8 Å². The molecule has 0 spiro atoms. The van der Waals surface area contributed by atoms with Crippen LogP contribution in [0.1, 0.15) is 0 Å². The Morgan fingerprint density at radius 2 is 1.95 bits per heavy atom. The van der Waals surface area contributed by atoms with Crippen molar-refractivity contribution in [2.24, 2.45) is 0 Å². The number of para-hydroxylation sites is 1. The van der Waals surface area contributed by atoms with E-state index in [1.165, 1.54) is 0 Å². The topological polar surface area (TPSA) is 53.1 Å². The minimum absolute atomic E-state index is 0.359. The molecule has 0 atom stereocenters. The number of imidazole rings is 1. The van der Waals surface area contributed by atoms with Gasteiger partial charge in [-0.25, -0.2) is 4.98 Å². The first kappa shape index (κ1) is 13.1. The third kappa shape index (κ3) is 1.97. The summed E-state index contributed by atoms with van der Waals surface area (Å²) in [6.07, 6.45) is 0. The van der Waals surface area contributed by atoms with Gasteiger partial charge in [-0.2, -0.15) is 0 Å². The Balaban J connectivity index is 2.32. The van der Waals surface area contributed by atoms with Crippen LogP contribution in [0, 0.1) is 0 Å². The molecule has 0 bridgehead atoms. The Morgan fingerprint density at radius 3 is 2.70 bits per heavy atom. The van der Waals surface area contributed by atoms with Gasteiger partial charge in [0.15, 0.2) is 0 Å². The number of aromatic nitrogens is 2. The maximum Gasteiger partial charge on any atom is 0.205 e. The molecule has 0 saturated carbocycles. The van der Waals surface area contributed by atoms with Gasteiger partial charge in [0.1, 0.15) is 5.75 Å². The van der Waals surface area contributed by atoms with Crippen molar-refractivity contribution in [3.8, 4) is 11.4 Å². The molecule has 2 N–H and O–H groups in total. The molecule has 4 nitrogen and oxygen atoms in total. The standard InChI is InChI=1S/C14H11Cl2N3O/c1-20-12-7-8(5-6-9(12)15)19-13-10(16)3-2-4-11(13)18-14(19)17/h2-7H,1H3,(H2,17,18). The first-order chi connectivity index (χ1) is 9.61. The SMILES string of the molecule is COc1cc(-n2c(N)nc3cccc(Cl)c32)ccc1Cl. The first-order valence-corrected chi connectivity index (χ1v) is 6.64. The summed E-state index contributed by atoms with van der Waals surface area (Å²) in [6, 6.07) is 10.9. The van der Waals surface area contributed by atoms with Crippen molar-refractivity contribution in [3.05, 3.63) is 46.4 Å². The van der Waals surface area contributed by atoms with Crippen molar-refractivity contribution in [1.29, 1.82) is 0 Å². The molecule has 0 aliphatic rings. The molecule has 20 heavy (non-hydrogen) atoms. The largest absolute Gasteiger partial charge is 0.495 e. The molecule has 1 aromatic heterocycles. The summed E-state index contributed by atoms with van der Waals surface area (Å²) in [5, 5.41) is 1.12. The Labute approximate surface area is 125 Å². The normalized spacial score (nSPS) is 10.9. The van der Waals surface area contributed by atoms with E-state index in [0.717, 1.165) is 16.7 Å². The number of fused-ring (bicyclic) bond motifs is 1. The molecule has 6 heteroatoms. The number of ether oxygens (including phenoxy) is 1. The molecule has 0 unspecified atom stereocenters. The number of anilines is 1. The van der Waals surface area contributed by atoms with Crippen LogP contribution in [-0.2, 0) is 0 Å². The Hall–Kier alpha value is -1.91. The van der Waals surface area contributed by atoms with Gasteiger partial charge in [-0.3, -0.25) is 4.57 Å². The summed E-state index contributed by atoms with van der Waals surface area (Å²) >= 11 is 12.3. The van der Waals surface area contributed by atoms with Crippen LogP contribution in [0.5, 0.6) is 5.75 Å². The number of nitrogens with zero attached hydrogens (tertiary/aromatic N) is 2. The van der Waals surface area contributed by atoms with Crippen LogP contribution in [0.4, 0.5) is 5.95 Å². The van der Waals surface area contributed by atoms with Crippen LogP contribution in [-0.4, -0.2) is 16.7 Å². The lowest BCUT2D eigenvalue weighted by Gasteiger charge is -2.10. The number of nitrogen functional groups attached to an aromatic ring is 1. The second-order valence-corrected chi connectivity index (χ2v) is 5.05. The van der Waals surface area contributed by atoms with Crippen molar-refractivity contribution in [2.45, 2.75) is 0 Å². The van der Waals surface area contributed by atoms with E-state index in [0.29, 0.717) is 21.7 Å². The maximum absolute atomic E-state index is 6.26. The zero-order chi connectivity index (χ0) is 14.3. The van der Waals surface area contributed by atoms with Crippen LogP contribution in [0.15, 0.2) is 36.4 Å². The van der Waals surface area contributed by atoms with Gasteiger partial charge in [-0.1, -0.05) is 29.3 Å². The first-order valence-electron chi connectivity index (χ1n) is 5.88. The highest BCUT2D eigenvalue weighted by molar-refractivity contribution is 6.35. The van der Waals surface area contributed by atoms with Gasteiger partial charge in [0.2, 0.25) is 5.95 Å². The fraction of sp³-hybridized carbons (Fsp3) is 0.0714. The average molecular weight is 308 g/mol. The number of rotatable bonds is 2. The second kappa shape index (κ2) is 4.89. The van der Waals surface area contributed by atoms with E-state index in [4.69, 9.17) is 33.7 Å². The molecule has 3 rings (SSSR count). The van der Waals surface area contributed by atoms with Crippen molar-refractivity contribution < 1.29 is 4.74 Å². The zero-order valence-electron chi connectivity index (χ0n) is 10.6. The lowest BCUT2D eigenvalue weighted by molar-refractivity contribution is 0.415. The quantitative estimate of drug-likeness (QED) is 0.780. The monoisotopic (exact) mass is 307 g/mol. The average Bonchev–Trinajstić information content (AvgIpc) is 2.77. The molecule has 0 aliphatic heterocycles. The van der Waals surface area contributed by atoms with Gasteiger partial charge in [0.05, 0.1) is 33.9 Å². The molecule has 0 radical (unpaired) electrons. The van der Waals surface area contributed by atoms with Crippen LogP contribution < -0.4 is 10.5 Å². The van der Waals surface area contributed by atoms with E-state index < -0.39 is 0 Å². The second-order valence-electron chi connectivity index (χ2n) is 4.23. The van der Waals surface area contributed by atoms with E-state index in [1.807, 2.05) is 18.2 Å². The number of benzene rings is 2. The van der Waals surface area contributed by atoms with Crippen molar-refractivity contribution in [3.63, 3.8) is 0 Å². The van der Waals surface area contributed by atoms with Crippen molar-refractivity contribution >= 4 is 40.2 Å². The number of nitrogens with two attached hydrogens (primary N) is 1. The van der Waals surface area contributed by atoms with Gasteiger partial charge in [-0.15, -0.1) is 0 Å². The van der Waals surface area contributed by atoms with E-state index in [1.54, 1.807) is 29.9 Å². The molecule has 2 aromatic carbocycles. The summed E-state index contributed by atoms with van der Waals surface area (Å²) in [4.78, 5) is 4.31. The Morgan fingerprint density at radius 1 is 1.15 bits per heavy atom. The molecule has 0 amide bonds. The molecular formula is C14H11Cl2N3O. The van der Waals surface area contributed by atoms with Crippen LogP contribution in [0.25, 0.3) is 16.7 Å². The maximum atomic E-state index is 6.26. The minimum Gasteiger partial charge on any atom is -0.495 e. The van der Waals surface area contributed by atoms with Crippen LogP contribution >= 0.6 is 23.2 Å². The molecule has 1 heterocycles. The summed E-state index contributed by atoms with van der Waals surface area (Å²) in [5.41, 5.74) is 8.29. The third-order valence-electron chi connectivity index (χ3n) is 3.05. The fourth-order valence-corrected chi connectivity index (χ4v) is 2.60. The summed E-state index contributed by atoms with van der Waals surface area (Å²) in [6.45, 7) is 0. The van der Waals surface area contributed by atoms with E-state index in [2.05, 4.69) is 4.98 Å². The molecule has 0 saturated heterocycles. The minimum atomic E-state index is 0.359. The van der Waals surface area contributed by atoms with Gasteiger partial charge >= 0.3 is 0 Å². The molecule has 0 aliphatic carbocycles. The van der Waals surface area contributed by atoms with Crippen molar-refractivity contribution in [1.82, 2.24) is 9.55 Å². The lowest BCUT2D eigenvalue weighted by Crippen LogP contribution is -2.01. The highest BCUT2D eigenvalue weighted by Crippen LogP contribution is 2.32.